The first kappa shape index (κ1) is 16.7. The van der Waals surface area contributed by atoms with Gasteiger partial charge in [-0.1, -0.05) is 23.8 Å². The number of likely N-dealkylation sites (tertiary alicyclic amines) is 1. The fourth-order valence-electron chi connectivity index (χ4n) is 3.74. The lowest BCUT2D eigenvalue weighted by Crippen LogP contribution is -2.36. The minimum Gasteiger partial charge on any atom is -0.346 e. The Morgan fingerprint density at radius 1 is 1.15 bits per heavy atom. The molecule has 0 spiro atoms. The number of benzene rings is 2. The summed E-state index contributed by atoms with van der Waals surface area (Å²) in [7, 11) is 1.89. The van der Waals surface area contributed by atoms with Crippen molar-refractivity contribution in [3.05, 3.63) is 59.8 Å². The van der Waals surface area contributed by atoms with Gasteiger partial charge in [0.15, 0.2) is 0 Å². The molecule has 1 aliphatic rings. The second kappa shape index (κ2) is 6.87. The summed E-state index contributed by atoms with van der Waals surface area (Å²) < 4.78 is 0. The van der Waals surface area contributed by atoms with Gasteiger partial charge in [-0.25, -0.2) is 4.98 Å². The Hall–Kier alpha value is -2.75. The highest BCUT2D eigenvalue weighted by Gasteiger charge is 2.23. The van der Waals surface area contributed by atoms with Crippen LogP contribution in [0.15, 0.2) is 48.7 Å². The van der Waals surface area contributed by atoms with Crippen LogP contribution in [0.2, 0.25) is 0 Å². The van der Waals surface area contributed by atoms with E-state index < -0.39 is 0 Å². The van der Waals surface area contributed by atoms with Gasteiger partial charge in [-0.2, -0.15) is 0 Å². The molecule has 132 valence electrons. The van der Waals surface area contributed by atoms with Crippen molar-refractivity contribution in [2.75, 3.05) is 13.6 Å². The van der Waals surface area contributed by atoms with Crippen LogP contribution < -0.4 is 0 Å². The molecule has 4 heteroatoms. The predicted octanol–water partition coefficient (Wildman–Crippen LogP) is 4.02. The smallest absolute Gasteiger partial charge is 0.222 e. The molecule has 1 aromatic heterocycles. The number of piperidine rings is 1. The lowest BCUT2D eigenvalue weighted by molar-refractivity contribution is -0.133. The molecule has 4 nitrogen and oxygen atoms in total. The molecule has 1 aliphatic heterocycles. The molecule has 1 saturated heterocycles. The lowest BCUT2D eigenvalue weighted by atomic mass is 9.88. The van der Waals surface area contributed by atoms with Crippen LogP contribution in [0.1, 0.15) is 24.0 Å². The lowest BCUT2D eigenvalue weighted by Gasteiger charge is -2.28. The molecular formula is C22H23N3O. The summed E-state index contributed by atoms with van der Waals surface area (Å²) in [6.45, 7) is 2.97. The number of aryl methyl sites for hydroxylation is 1. The van der Waals surface area contributed by atoms with E-state index in [0.29, 0.717) is 12.3 Å². The van der Waals surface area contributed by atoms with Crippen LogP contribution in [0.3, 0.4) is 0 Å². The van der Waals surface area contributed by atoms with Gasteiger partial charge in [-0.05, 0) is 55.5 Å². The summed E-state index contributed by atoms with van der Waals surface area (Å²) in [5.41, 5.74) is 6.30. The second-order valence-corrected chi connectivity index (χ2v) is 7.33. The summed E-state index contributed by atoms with van der Waals surface area (Å²) >= 11 is 0. The van der Waals surface area contributed by atoms with Crippen molar-refractivity contribution in [2.45, 2.75) is 26.2 Å². The van der Waals surface area contributed by atoms with Gasteiger partial charge in [0.1, 0.15) is 0 Å². The maximum Gasteiger partial charge on any atom is 0.222 e. The molecule has 0 saturated carbocycles. The maximum absolute atomic E-state index is 12.0. The van der Waals surface area contributed by atoms with Crippen molar-refractivity contribution in [3.63, 3.8) is 0 Å². The van der Waals surface area contributed by atoms with Gasteiger partial charge in [0, 0.05) is 25.6 Å². The molecule has 0 N–H and O–H groups in total. The molecule has 1 amide bonds. The third-order valence-corrected chi connectivity index (χ3v) is 5.17. The van der Waals surface area contributed by atoms with E-state index in [4.69, 9.17) is 4.98 Å². The Morgan fingerprint density at radius 2 is 1.96 bits per heavy atom. The monoisotopic (exact) mass is 345 g/mol. The quantitative estimate of drug-likeness (QED) is 0.720. The Balaban J connectivity index is 1.62. The number of hydrogen-bond acceptors (Lipinski definition) is 3. The van der Waals surface area contributed by atoms with E-state index in [2.05, 4.69) is 30.1 Å². The summed E-state index contributed by atoms with van der Waals surface area (Å²) in [6.07, 6.45) is 4.51. The van der Waals surface area contributed by atoms with Crippen LogP contribution in [0.4, 0.5) is 0 Å². The van der Waals surface area contributed by atoms with E-state index in [1.165, 1.54) is 11.1 Å². The van der Waals surface area contributed by atoms with E-state index in [1.807, 2.05) is 42.4 Å². The first-order valence-corrected chi connectivity index (χ1v) is 9.15. The Labute approximate surface area is 153 Å². The van der Waals surface area contributed by atoms with Gasteiger partial charge in [0.25, 0.3) is 0 Å². The number of fused-ring (bicyclic) bond motifs is 1. The van der Waals surface area contributed by atoms with E-state index >= 15 is 0 Å². The normalized spacial score (nSPS) is 17.7. The molecule has 0 bridgehead atoms. The molecule has 0 radical (unpaired) electrons. The largest absolute Gasteiger partial charge is 0.346 e. The van der Waals surface area contributed by atoms with Crippen LogP contribution in [-0.2, 0) is 11.2 Å². The standard InChI is InChI=1S/C22H23N3O/c1-15-9-17(11-16-7-8-25(2)22(26)13-16)12-18(10-15)21-14-23-19-5-3-4-6-20(19)24-21/h3-6,9-10,12,14,16H,7-8,11,13H2,1-2H3. The Bertz CT molecular complexity index is 967. The molecule has 4 rings (SSSR count). The zero-order valence-electron chi connectivity index (χ0n) is 15.3. The number of rotatable bonds is 3. The van der Waals surface area contributed by atoms with Gasteiger partial charge in [-0.3, -0.25) is 9.78 Å². The second-order valence-electron chi connectivity index (χ2n) is 7.33. The average Bonchev–Trinajstić information content (AvgIpc) is 2.64. The summed E-state index contributed by atoms with van der Waals surface area (Å²) in [5.74, 6) is 0.686. The van der Waals surface area contributed by atoms with Crippen molar-refractivity contribution in [3.8, 4) is 11.3 Å². The fourth-order valence-corrected chi connectivity index (χ4v) is 3.74. The number of carbonyl (C=O) groups excluding carboxylic acids is 1. The highest BCUT2D eigenvalue weighted by atomic mass is 16.2. The van der Waals surface area contributed by atoms with E-state index in [-0.39, 0.29) is 5.91 Å². The van der Waals surface area contributed by atoms with Crippen molar-refractivity contribution >= 4 is 16.9 Å². The van der Waals surface area contributed by atoms with Crippen LogP contribution in [-0.4, -0.2) is 34.4 Å². The third-order valence-electron chi connectivity index (χ3n) is 5.17. The van der Waals surface area contributed by atoms with Gasteiger partial charge in [-0.15, -0.1) is 0 Å². The average molecular weight is 345 g/mol. The van der Waals surface area contributed by atoms with Crippen molar-refractivity contribution in [1.82, 2.24) is 14.9 Å². The molecule has 1 unspecified atom stereocenters. The number of nitrogens with zero attached hydrogens (tertiary/aromatic N) is 3. The minimum absolute atomic E-state index is 0.259. The maximum atomic E-state index is 12.0. The molecule has 3 aromatic rings. The van der Waals surface area contributed by atoms with Crippen LogP contribution in [0.25, 0.3) is 22.3 Å². The summed E-state index contributed by atoms with van der Waals surface area (Å²) in [5, 5.41) is 0. The first-order chi connectivity index (χ1) is 12.6. The summed E-state index contributed by atoms with van der Waals surface area (Å²) in [6, 6.07) is 14.5. The minimum atomic E-state index is 0.259. The molecule has 2 heterocycles. The summed E-state index contributed by atoms with van der Waals surface area (Å²) in [4.78, 5) is 23.1. The zero-order valence-corrected chi connectivity index (χ0v) is 15.3. The molecule has 2 aromatic carbocycles. The number of hydrogen-bond donors (Lipinski definition) is 0. The molecular weight excluding hydrogens is 322 g/mol. The number of para-hydroxylation sites is 2. The topological polar surface area (TPSA) is 46.1 Å². The first-order valence-electron chi connectivity index (χ1n) is 9.15. The van der Waals surface area contributed by atoms with E-state index in [9.17, 15) is 4.79 Å². The third kappa shape index (κ3) is 3.45. The zero-order chi connectivity index (χ0) is 18.1. The van der Waals surface area contributed by atoms with Crippen LogP contribution in [0.5, 0.6) is 0 Å². The van der Waals surface area contributed by atoms with Gasteiger partial charge >= 0.3 is 0 Å². The van der Waals surface area contributed by atoms with E-state index in [1.54, 1.807) is 0 Å². The molecule has 26 heavy (non-hydrogen) atoms. The Kier molecular flexibility index (Phi) is 4.41. The number of aromatic nitrogens is 2. The number of carbonyl (C=O) groups is 1. The van der Waals surface area contributed by atoms with Crippen molar-refractivity contribution in [2.24, 2.45) is 5.92 Å². The van der Waals surface area contributed by atoms with Gasteiger partial charge in [0.2, 0.25) is 5.91 Å². The molecule has 0 aliphatic carbocycles. The van der Waals surface area contributed by atoms with E-state index in [0.717, 1.165) is 41.7 Å². The van der Waals surface area contributed by atoms with Crippen molar-refractivity contribution < 1.29 is 4.79 Å². The molecule has 1 fully saturated rings. The highest BCUT2D eigenvalue weighted by molar-refractivity contribution is 5.77. The van der Waals surface area contributed by atoms with Crippen LogP contribution >= 0.6 is 0 Å². The fraction of sp³-hybridized carbons (Fsp3) is 0.318. The highest BCUT2D eigenvalue weighted by Crippen LogP contribution is 2.26. The predicted molar refractivity (Wildman–Crippen MR) is 104 cm³/mol. The SMILES string of the molecule is Cc1cc(CC2CCN(C)C(=O)C2)cc(-c2cnc3ccccc3n2)c1. The van der Waals surface area contributed by atoms with Crippen molar-refractivity contribution in [1.29, 1.82) is 0 Å². The van der Waals surface area contributed by atoms with Crippen LogP contribution in [0, 0.1) is 12.8 Å². The number of amides is 1. The van der Waals surface area contributed by atoms with Gasteiger partial charge in [0.05, 0.1) is 22.9 Å². The molecule has 1 atom stereocenters. The van der Waals surface area contributed by atoms with Gasteiger partial charge < -0.3 is 4.90 Å². The Morgan fingerprint density at radius 3 is 2.77 bits per heavy atom.